The first-order valence-corrected chi connectivity index (χ1v) is 31.4. The summed E-state index contributed by atoms with van der Waals surface area (Å²) in [5.41, 5.74) is 1.25. The molecule has 1 nitrogen and oxygen atoms in total. The molecule has 0 aromatic rings. The van der Waals surface area contributed by atoms with Crippen LogP contribution in [0.3, 0.4) is 0 Å². The maximum Gasteiger partial charge on any atom is 0.0891 e. The number of quaternary nitrogens is 1. The number of unbranched alkanes of at least 4 members (excludes halogenated alkanes) is 30. The van der Waals surface area contributed by atoms with Gasteiger partial charge in [-0.05, 0) is 129 Å². The van der Waals surface area contributed by atoms with Crippen molar-refractivity contribution < 1.29 is 4.48 Å². The minimum Gasteiger partial charge on any atom is -0.324 e. The molecule has 0 aromatic heterocycles. The molecule has 1 heteroatoms. The van der Waals surface area contributed by atoms with Crippen LogP contribution in [0.2, 0.25) is 0 Å². The van der Waals surface area contributed by atoms with Gasteiger partial charge in [-0.2, -0.15) is 0 Å². The molecule has 4 unspecified atom stereocenters. The highest BCUT2D eigenvalue weighted by atomic mass is 15.4. The summed E-state index contributed by atoms with van der Waals surface area (Å²) in [4.78, 5) is 0. The molecule has 0 saturated heterocycles. The van der Waals surface area contributed by atoms with E-state index < -0.39 is 0 Å². The third-order valence-electron chi connectivity index (χ3n) is 20.8. The maximum atomic E-state index is 2.86. The lowest BCUT2D eigenvalue weighted by Crippen LogP contribution is -2.60. The van der Waals surface area contributed by atoms with Crippen LogP contribution in [0, 0.1) is 52.3 Å². The molecule has 0 aliphatic heterocycles. The van der Waals surface area contributed by atoms with Crippen LogP contribution in [-0.4, -0.2) is 30.7 Å². The van der Waals surface area contributed by atoms with E-state index in [1.54, 1.807) is 51.4 Å². The summed E-state index contributed by atoms with van der Waals surface area (Å²) in [5, 5.41) is 0. The van der Waals surface area contributed by atoms with Crippen LogP contribution >= 0.6 is 0 Å². The summed E-state index contributed by atoms with van der Waals surface area (Å²) in [6.45, 7) is 20.8. The van der Waals surface area contributed by atoms with Crippen molar-refractivity contribution >= 4 is 0 Å². The van der Waals surface area contributed by atoms with Gasteiger partial charge in [-0.25, -0.2) is 0 Å². The molecule has 4 rings (SSSR count). The SMILES string of the molecule is CCCCCCCCCCCCCCCCCC[N+](C)(CCCCCCCCCCCCCCCCCC)[C@H]1CC[C@@]2(C)C(CCC3C2CC[C@@]2(C)C3CC[C@@H]2[C@H](C)CCCC(C)C)C1. The first kappa shape index (κ1) is 57.5. The van der Waals surface area contributed by atoms with Crippen LogP contribution in [0.4, 0.5) is 0 Å². The molecule has 0 radical (unpaired) electrons. The standard InChI is InChI=1S/C64H124N/c1-9-11-13-15-17-19-21-23-25-27-29-31-33-35-37-39-52-65(8,53-40-38-36-34-32-30-28-26-24-22-20-18-16-14-12-10-2)58-48-50-63(6)57(54-58)44-45-59-61-47-46-60(56(5)43-41-42-55(3)4)64(61,7)51-49-62(59)63/h55-62H,9-54H2,1-8H3/q+1/t56-,57?,58+,59?,60-,61?,62?,63+,64-/m1/s1. The molecular formula is C64H124N+. The fourth-order valence-electron chi connectivity index (χ4n) is 16.3. The molecule has 65 heavy (non-hydrogen) atoms. The molecule has 0 amide bonds. The van der Waals surface area contributed by atoms with Gasteiger partial charge in [-0.3, -0.25) is 0 Å². The number of hydrogen-bond donors (Lipinski definition) is 0. The van der Waals surface area contributed by atoms with Gasteiger partial charge in [-0.15, -0.1) is 0 Å². The van der Waals surface area contributed by atoms with Crippen LogP contribution in [0.1, 0.15) is 331 Å². The molecule has 4 fully saturated rings. The normalized spacial score (nSPS) is 28.4. The van der Waals surface area contributed by atoms with Crippen molar-refractivity contribution in [2.45, 2.75) is 337 Å². The van der Waals surface area contributed by atoms with Crippen LogP contribution < -0.4 is 0 Å². The average molecular weight is 908 g/mol. The predicted octanol–water partition coefficient (Wildman–Crippen LogP) is 21.4. The predicted molar refractivity (Wildman–Crippen MR) is 292 cm³/mol. The van der Waals surface area contributed by atoms with E-state index >= 15 is 0 Å². The first-order valence-electron chi connectivity index (χ1n) is 31.4. The number of fused-ring (bicyclic) bond motifs is 5. The van der Waals surface area contributed by atoms with Crippen molar-refractivity contribution in [1.29, 1.82) is 0 Å². The fraction of sp³-hybridized carbons (Fsp3) is 1.00. The summed E-state index contributed by atoms with van der Waals surface area (Å²) in [6.07, 6.45) is 65.6. The number of hydrogen-bond acceptors (Lipinski definition) is 0. The Hall–Kier alpha value is -0.0400. The Bertz CT molecular complexity index is 1100. The molecule has 0 heterocycles. The van der Waals surface area contributed by atoms with Gasteiger partial charge >= 0.3 is 0 Å². The highest BCUT2D eigenvalue weighted by Crippen LogP contribution is 2.68. The van der Waals surface area contributed by atoms with Crippen molar-refractivity contribution in [1.82, 2.24) is 0 Å². The van der Waals surface area contributed by atoms with Gasteiger partial charge < -0.3 is 4.48 Å². The summed E-state index contributed by atoms with van der Waals surface area (Å²) in [5.74, 6) is 6.87. The third kappa shape index (κ3) is 19.6. The second kappa shape index (κ2) is 32.8. The number of nitrogens with zero attached hydrogens (tertiary/aromatic N) is 1. The van der Waals surface area contributed by atoms with Gasteiger partial charge in [0.25, 0.3) is 0 Å². The fourth-order valence-corrected chi connectivity index (χ4v) is 16.3. The van der Waals surface area contributed by atoms with E-state index in [-0.39, 0.29) is 0 Å². The zero-order chi connectivity index (χ0) is 46.6. The Morgan fingerprint density at radius 2 is 0.815 bits per heavy atom. The summed E-state index contributed by atoms with van der Waals surface area (Å²) >= 11 is 0. The Balaban J connectivity index is 1.20. The van der Waals surface area contributed by atoms with Crippen LogP contribution in [0.15, 0.2) is 0 Å². The molecule has 0 N–H and O–H groups in total. The lowest BCUT2D eigenvalue weighted by atomic mass is 9.44. The first-order chi connectivity index (χ1) is 31.6. The number of rotatable bonds is 40. The Kier molecular flexibility index (Phi) is 29.0. The van der Waals surface area contributed by atoms with E-state index in [1.165, 1.54) is 249 Å². The van der Waals surface area contributed by atoms with E-state index in [0.29, 0.717) is 10.8 Å². The van der Waals surface area contributed by atoms with E-state index in [4.69, 9.17) is 0 Å². The van der Waals surface area contributed by atoms with Crippen molar-refractivity contribution in [3.63, 3.8) is 0 Å². The van der Waals surface area contributed by atoms with Crippen LogP contribution in [0.25, 0.3) is 0 Å². The molecule has 4 aliphatic carbocycles. The lowest BCUT2D eigenvalue weighted by molar-refractivity contribution is -0.936. The largest absolute Gasteiger partial charge is 0.324 e. The summed E-state index contributed by atoms with van der Waals surface area (Å²) in [6, 6.07) is 0.925. The van der Waals surface area contributed by atoms with Crippen molar-refractivity contribution in [3.8, 4) is 0 Å². The van der Waals surface area contributed by atoms with Crippen LogP contribution in [-0.2, 0) is 0 Å². The van der Waals surface area contributed by atoms with Gasteiger partial charge in [-0.1, -0.05) is 248 Å². The molecule has 0 bridgehead atoms. The van der Waals surface area contributed by atoms with E-state index in [0.717, 1.165) is 47.5 Å². The minimum atomic E-state index is 0.620. The zero-order valence-corrected chi connectivity index (χ0v) is 46.6. The van der Waals surface area contributed by atoms with Crippen LogP contribution in [0.5, 0.6) is 0 Å². The zero-order valence-electron chi connectivity index (χ0n) is 46.6. The minimum absolute atomic E-state index is 0.620. The van der Waals surface area contributed by atoms with E-state index in [9.17, 15) is 0 Å². The van der Waals surface area contributed by atoms with Crippen molar-refractivity contribution in [2.75, 3.05) is 20.1 Å². The topological polar surface area (TPSA) is 0 Å². The Labute approximate surface area is 412 Å². The van der Waals surface area contributed by atoms with Gasteiger partial charge in [0, 0.05) is 6.42 Å². The smallest absolute Gasteiger partial charge is 0.0891 e. The van der Waals surface area contributed by atoms with Gasteiger partial charge in [0.2, 0.25) is 0 Å². The maximum absolute atomic E-state index is 2.86. The third-order valence-corrected chi connectivity index (χ3v) is 20.8. The highest BCUT2D eigenvalue weighted by Gasteiger charge is 2.61. The monoisotopic (exact) mass is 907 g/mol. The van der Waals surface area contributed by atoms with Crippen molar-refractivity contribution in [3.05, 3.63) is 0 Å². The summed E-state index contributed by atoms with van der Waals surface area (Å²) in [7, 11) is 2.78. The Morgan fingerprint density at radius 3 is 1.25 bits per heavy atom. The van der Waals surface area contributed by atoms with Gasteiger partial charge in [0.1, 0.15) is 0 Å². The molecular weight excluding hydrogens is 783 g/mol. The van der Waals surface area contributed by atoms with Crippen molar-refractivity contribution in [2.24, 2.45) is 52.3 Å². The van der Waals surface area contributed by atoms with E-state index in [1.807, 2.05) is 0 Å². The molecule has 4 saturated carbocycles. The summed E-state index contributed by atoms with van der Waals surface area (Å²) < 4.78 is 1.43. The molecule has 384 valence electrons. The molecule has 4 aliphatic rings. The second-order valence-electron chi connectivity index (χ2n) is 26.1. The molecule has 0 aromatic carbocycles. The quantitative estimate of drug-likeness (QED) is 0.0425. The average Bonchev–Trinajstić information content (AvgIpc) is 3.65. The van der Waals surface area contributed by atoms with Gasteiger partial charge in [0.05, 0.1) is 26.2 Å². The second-order valence-corrected chi connectivity index (χ2v) is 26.1. The molecule has 9 atom stereocenters. The van der Waals surface area contributed by atoms with E-state index in [2.05, 4.69) is 55.5 Å². The highest BCUT2D eigenvalue weighted by molar-refractivity contribution is 5.10. The van der Waals surface area contributed by atoms with Gasteiger partial charge in [0.15, 0.2) is 0 Å². The lowest BCUT2D eigenvalue weighted by Gasteiger charge is -2.62. The molecule has 0 spiro atoms. The Morgan fingerprint density at radius 1 is 0.415 bits per heavy atom.